The van der Waals surface area contributed by atoms with Crippen LogP contribution in [0.2, 0.25) is 10.0 Å². The first-order valence-corrected chi connectivity index (χ1v) is 7.26. The van der Waals surface area contributed by atoms with Crippen LogP contribution in [0.4, 0.5) is 0 Å². The van der Waals surface area contributed by atoms with Gasteiger partial charge in [0.25, 0.3) is 0 Å². The third-order valence-corrected chi connectivity index (χ3v) is 4.24. The van der Waals surface area contributed by atoms with Crippen LogP contribution in [0.3, 0.4) is 0 Å². The van der Waals surface area contributed by atoms with Crippen LogP contribution < -0.4 is 10.6 Å². The maximum atomic E-state index is 12.1. The Balaban J connectivity index is 0.00000200. The Morgan fingerprint density at radius 2 is 2.05 bits per heavy atom. The van der Waals surface area contributed by atoms with Crippen LogP contribution in [0, 0.1) is 5.92 Å². The summed E-state index contributed by atoms with van der Waals surface area (Å²) in [4.78, 5) is 12.1. The van der Waals surface area contributed by atoms with Gasteiger partial charge in [0.15, 0.2) is 0 Å². The van der Waals surface area contributed by atoms with Gasteiger partial charge in [-0.1, -0.05) is 36.2 Å². The summed E-state index contributed by atoms with van der Waals surface area (Å²) in [7, 11) is 0. The predicted molar refractivity (Wildman–Crippen MR) is 86.0 cm³/mol. The van der Waals surface area contributed by atoms with Crippen molar-refractivity contribution in [2.75, 3.05) is 13.1 Å². The molecule has 2 unspecified atom stereocenters. The highest BCUT2D eigenvalue weighted by Gasteiger charge is 2.23. The fraction of sp³-hybridized carbons (Fsp3) is 0.500. The van der Waals surface area contributed by atoms with Gasteiger partial charge in [-0.2, -0.15) is 0 Å². The summed E-state index contributed by atoms with van der Waals surface area (Å²) in [6.07, 6.45) is 1.19. The van der Waals surface area contributed by atoms with E-state index in [9.17, 15) is 4.79 Å². The topological polar surface area (TPSA) is 41.1 Å². The van der Waals surface area contributed by atoms with Gasteiger partial charge in [-0.05, 0) is 43.1 Å². The Kier molecular flexibility index (Phi) is 7.10. The van der Waals surface area contributed by atoms with Crippen LogP contribution in [0.5, 0.6) is 0 Å². The highest BCUT2D eigenvalue weighted by molar-refractivity contribution is 6.36. The Bertz CT molecular complexity index is 447. The van der Waals surface area contributed by atoms with Gasteiger partial charge in [0.1, 0.15) is 0 Å². The molecule has 0 bridgehead atoms. The van der Waals surface area contributed by atoms with E-state index in [0.29, 0.717) is 21.5 Å². The molecule has 1 aliphatic rings. The maximum Gasteiger partial charge on any atom is 0.224 e. The summed E-state index contributed by atoms with van der Waals surface area (Å²) in [5.41, 5.74) is 0.699. The molecule has 2 atom stereocenters. The smallest absolute Gasteiger partial charge is 0.224 e. The summed E-state index contributed by atoms with van der Waals surface area (Å²) < 4.78 is 0. The molecule has 2 N–H and O–H groups in total. The highest BCUT2D eigenvalue weighted by Crippen LogP contribution is 2.24. The zero-order valence-corrected chi connectivity index (χ0v) is 13.6. The fourth-order valence-corrected chi connectivity index (χ4v) is 2.88. The first-order valence-electron chi connectivity index (χ1n) is 6.51. The van der Waals surface area contributed by atoms with Crippen molar-refractivity contribution in [3.05, 3.63) is 33.8 Å². The lowest BCUT2D eigenvalue weighted by Crippen LogP contribution is -2.48. The third kappa shape index (κ3) is 4.52. The number of rotatable bonds is 3. The minimum Gasteiger partial charge on any atom is -0.353 e. The molecule has 112 valence electrons. The largest absolute Gasteiger partial charge is 0.353 e. The molecule has 1 aliphatic heterocycles. The van der Waals surface area contributed by atoms with Crippen molar-refractivity contribution in [3.8, 4) is 0 Å². The SMILES string of the molecule is CC1CNCCC1NC(=O)Cc1c(Cl)cccc1Cl.Cl. The molecule has 1 saturated heterocycles. The third-order valence-electron chi connectivity index (χ3n) is 3.53. The minimum absolute atomic E-state index is 0. The molecule has 6 heteroatoms. The van der Waals surface area contributed by atoms with Crippen LogP contribution in [0.25, 0.3) is 0 Å². The molecule has 0 spiro atoms. The van der Waals surface area contributed by atoms with Gasteiger partial charge in [0.05, 0.1) is 6.42 Å². The van der Waals surface area contributed by atoms with Crippen molar-refractivity contribution >= 4 is 41.5 Å². The molecule has 1 amide bonds. The average Bonchev–Trinajstić information content (AvgIpc) is 2.37. The summed E-state index contributed by atoms with van der Waals surface area (Å²) in [5.74, 6) is 0.424. The Hall–Kier alpha value is -0.480. The molecule has 0 saturated carbocycles. The second kappa shape index (κ2) is 8.08. The standard InChI is InChI=1S/C14H18Cl2N2O.ClH/c1-9-8-17-6-5-13(9)18-14(19)7-10-11(15)3-2-4-12(10)16;/h2-4,9,13,17H,5-8H2,1H3,(H,18,19);1H. The first-order chi connectivity index (χ1) is 9.08. The number of hydrogen-bond donors (Lipinski definition) is 2. The van der Waals surface area contributed by atoms with Crippen molar-refractivity contribution in [1.82, 2.24) is 10.6 Å². The second-order valence-corrected chi connectivity index (χ2v) is 5.84. The zero-order chi connectivity index (χ0) is 13.8. The van der Waals surface area contributed by atoms with E-state index in [0.717, 1.165) is 19.5 Å². The minimum atomic E-state index is -0.0197. The Labute approximate surface area is 135 Å². The van der Waals surface area contributed by atoms with Crippen LogP contribution in [0.1, 0.15) is 18.9 Å². The van der Waals surface area contributed by atoms with E-state index in [1.54, 1.807) is 18.2 Å². The number of carbonyl (C=O) groups excluding carboxylic acids is 1. The molecule has 0 radical (unpaired) electrons. The molecule has 3 nitrogen and oxygen atoms in total. The lowest BCUT2D eigenvalue weighted by atomic mass is 9.95. The number of piperidine rings is 1. The molecule has 0 aliphatic carbocycles. The number of amides is 1. The van der Waals surface area contributed by atoms with E-state index in [-0.39, 0.29) is 30.8 Å². The van der Waals surface area contributed by atoms with Crippen molar-refractivity contribution in [2.45, 2.75) is 25.8 Å². The number of hydrogen-bond acceptors (Lipinski definition) is 2. The second-order valence-electron chi connectivity index (χ2n) is 5.02. The molecular weight excluding hydrogens is 319 g/mol. The van der Waals surface area contributed by atoms with Gasteiger partial charge in [-0.15, -0.1) is 12.4 Å². The molecular formula is C14H19Cl3N2O. The molecule has 20 heavy (non-hydrogen) atoms. The van der Waals surface area contributed by atoms with E-state index in [2.05, 4.69) is 17.6 Å². The fourth-order valence-electron chi connectivity index (χ4n) is 2.35. The number of carbonyl (C=O) groups is 1. The first kappa shape index (κ1) is 17.6. The molecule has 0 aromatic heterocycles. The van der Waals surface area contributed by atoms with E-state index in [1.165, 1.54) is 0 Å². The van der Waals surface area contributed by atoms with Crippen LogP contribution in [0.15, 0.2) is 18.2 Å². The van der Waals surface area contributed by atoms with Gasteiger partial charge in [0, 0.05) is 16.1 Å². The van der Waals surface area contributed by atoms with Crippen molar-refractivity contribution in [3.63, 3.8) is 0 Å². The zero-order valence-electron chi connectivity index (χ0n) is 11.3. The number of nitrogens with one attached hydrogen (secondary N) is 2. The van der Waals surface area contributed by atoms with Gasteiger partial charge in [-0.3, -0.25) is 4.79 Å². The van der Waals surface area contributed by atoms with Crippen molar-refractivity contribution in [1.29, 1.82) is 0 Å². The number of halogens is 3. The average molecular weight is 338 g/mol. The molecule has 2 rings (SSSR count). The van der Waals surface area contributed by atoms with Gasteiger partial charge < -0.3 is 10.6 Å². The highest BCUT2D eigenvalue weighted by atomic mass is 35.5. The van der Waals surface area contributed by atoms with Crippen molar-refractivity contribution < 1.29 is 4.79 Å². The van der Waals surface area contributed by atoms with Crippen molar-refractivity contribution in [2.24, 2.45) is 5.92 Å². The van der Waals surface area contributed by atoms with Gasteiger partial charge in [-0.25, -0.2) is 0 Å². The predicted octanol–water partition coefficient (Wildman–Crippen LogP) is 3.07. The lowest BCUT2D eigenvalue weighted by molar-refractivity contribution is -0.121. The summed E-state index contributed by atoms with van der Waals surface area (Å²) in [6, 6.07) is 5.52. The van der Waals surface area contributed by atoms with Crippen LogP contribution in [-0.2, 0) is 11.2 Å². The molecule has 1 aromatic carbocycles. The normalized spacial score (nSPS) is 21.9. The maximum absolute atomic E-state index is 12.1. The monoisotopic (exact) mass is 336 g/mol. The molecule has 1 aromatic rings. The summed E-state index contributed by atoms with van der Waals surface area (Å²) in [6.45, 7) is 4.03. The van der Waals surface area contributed by atoms with Gasteiger partial charge >= 0.3 is 0 Å². The number of benzene rings is 1. The van der Waals surface area contributed by atoms with Gasteiger partial charge in [0.2, 0.25) is 5.91 Å². The van der Waals surface area contributed by atoms with Crippen LogP contribution >= 0.6 is 35.6 Å². The molecule has 1 heterocycles. The van der Waals surface area contributed by atoms with E-state index in [1.807, 2.05) is 0 Å². The quantitative estimate of drug-likeness (QED) is 0.890. The molecule has 1 fully saturated rings. The summed E-state index contributed by atoms with van der Waals surface area (Å²) >= 11 is 12.1. The van der Waals surface area contributed by atoms with E-state index >= 15 is 0 Å². The Morgan fingerprint density at radius 3 is 2.65 bits per heavy atom. The van der Waals surface area contributed by atoms with E-state index in [4.69, 9.17) is 23.2 Å². The van der Waals surface area contributed by atoms with E-state index < -0.39 is 0 Å². The summed E-state index contributed by atoms with van der Waals surface area (Å²) in [5, 5.41) is 7.47. The van der Waals surface area contributed by atoms with Crippen LogP contribution in [-0.4, -0.2) is 25.0 Å². The Morgan fingerprint density at radius 1 is 1.40 bits per heavy atom. The lowest BCUT2D eigenvalue weighted by Gasteiger charge is -2.30.